The molecule has 1 aromatic heterocycles. The first-order valence-electron chi connectivity index (χ1n) is 11.3. The van der Waals surface area contributed by atoms with E-state index in [0.29, 0.717) is 5.75 Å². The van der Waals surface area contributed by atoms with Crippen LogP contribution in [0.1, 0.15) is 16.7 Å². The molecule has 4 aromatic carbocycles. The first-order chi connectivity index (χ1) is 16.4. The molecule has 0 aliphatic carbocycles. The molecular weight excluding hydrogens is 438 g/mol. The van der Waals surface area contributed by atoms with Crippen LogP contribution in [0.2, 0.25) is 0 Å². The number of hydrogen-bond acceptors (Lipinski definition) is 3. The van der Waals surface area contributed by atoms with Gasteiger partial charge in [0.05, 0.1) is 10.8 Å². The quantitative estimate of drug-likeness (QED) is 0.105. The van der Waals surface area contributed by atoms with Gasteiger partial charge in [-0.3, -0.25) is 0 Å². The average molecular weight is 465 g/mol. The summed E-state index contributed by atoms with van der Waals surface area (Å²) in [5.41, 5.74) is 8.20. The van der Waals surface area contributed by atoms with E-state index in [2.05, 4.69) is 86.5 Å². The van der Waals surface area contributed by atoms with E-state index in [0.717, 1.165) is 26.7 Å². The number of rotatable bonds is 4. The summed E-state index contributed by atoms with van der Waals surface area (Å²) >= 11 is 4.30. The molecule has 4 heteroatoms. The third kappa shape index (κ3) is 4.06. The molecule has 0 N–H and O–H groups in total. The maximum Gasteiger partial charge on any atom is 0.378 e. The fourth-order valence-corrected chi connectivity index (χ4v) is 5.09. The summed E-state index contributed by atoms with van der Waals surface area (Å²) in [5.74, 6) is 0.196. The number of esters is 1. The highest BCUT2D eigenvalue weighted by Gasteiger charge is 2.25. The highest BCUT2D eigenvalue weighted by molar-refractivity contribution is 7.80. The van der Waals surface area contributed by atoms with E-state index < -0.39 is 0 Å². The summed E-state index contributed by atoms with van der Waals surface area (Å²) in [5, 5.41) is 2.23. The van der Waals surface area contributed by atoms with Gasteiger partial charge in [0.15, 0.2) is 0 Å². The predicted octanol–water partition coefficient (Wildman–Crippen LogP) is 6.77. The van der Waals surface area contributed by atoms with Crippen molar-refractivity contribution < 1.29 is 14.1 Å². The molecule has 0 fully saturated rings. The molecule has 0 saturated carbocycles. The van der Waals surface area contributed by atoms with Crippen molar-refractivity contribution in [3.05, 3.63) is 102 Å². The summed E-state index contributed by atoms with van der Waals surface area (Å²) < 4.78 is 7.70. The molecule has 0 saturated heterocycles. The molecule has 0 unspecified atom stereocenters. The van der Waals surface area contributed by atoms with Crippen molar-refractivity contribution in [1.82, 2.24) is 0 Å². The standard InChI is InChI=1S/C30H25NO2S/c1-19-16-20(2)29(21(3)17-19)30-24-8-4-6-10-26(24)31(27-11-7-5-9-25(27)30)18-28(32)33-22-12-14-23(34)15-13-22/h4-17H,18H2,1-3H3/p+1. The van der Waals surface area contributed by atoms with E-state index in [1.165, 1.54) is 27.8 Å². The second-order valence-corrected chi connectivity index (χ2v) is 9.25. The molecule has 0 radical (unpaired) electrons. The van der Waals surface area contributed by atoms with Gasteiger partial charge >= 0.3 is 5.97 Å². The highest BCUT2D eigenvalue weighted by atomic mass is 32.1. The fraction of sp³-hybridized carbons (Fsp3) is 0.133. The summed E-state index contributed by atoms with van der Waals surface area (Å²) in [7, 11) is 0. The summed E-state index contributed by atoms with van der Waals surface area (Å²) in [6.45, 7) is 6.59. The minimum Gasteiger partial charge on any atom is -0.422 e. The van der Waals surface area contributed by atoms with Crippen LogP contribution in [0.25, 0.3) is 32.9 Å². The lowest BCUT2D eigenvalue weighted by Crippen LogP contribution is -2.41. The number of pyridine rings is 1. The third-order valence-electron chi connectivity index (χ3n) is 6.21. The van der Waals surface area contributed by atoms with Gasteiger partial charge in [0.1, 0.15) is 5.75 Å². The van der Waals surface area contributed by atoms with E-state index in [9.17, 15) is 4.79 Å². The van der Waals surface area contributed by atoms with Crippen molar-refractivity contribution >= 4 is 40.4 Å². The van der Waals surface area contributed by atoms with Gasteiger partial charge < -0.3 is 4.74 Å². The molecule has 0 bridgehead atoms. The monoisotopic (exact) mass is 464 g/mol. The zero-order chi connectivity index (χ0) is 23.8. The molecule has 0 spiro atoms. The molecule has 0 aliphatic rings. The fourth-order valence-electron chi connectivity index (χ4n) is 4.94. The predicted molar refractivity (Wildman–Crippen MR) is 141 cm³/mol. The molecule has 168 valence electrons. The first kappa shape index (κ1) is 22.2. The van der Waals surface area contributed by atoms with Crippen LogP contribution in [0, 0.1) is 20.8 Å². The Morgan fingerprint density at radius 3 is 1.85 bits per heavy atom. The normalized spacial score (nSPS) is 11.2. The third-order valence-corrected chi connectivity index (χ3v) is 6.51. The van der Waals surface area contributed by atoms with Crippen LogP contribution in [0.5, 0.6) is 5.75 Å². The van der Waals surface area contributed by atoms with Gasteiger partial charge in [0.2, 0.25) is 17.6 Å². The minimum atomic E-state index is -0.317. The Labute approximate surface area is 205 Å². The smallest absolute Gasteiger partial charge is 0.378 e. The number of carbonyl (C=O) groups excluding carboxylic acids is 1. The number of benzene rings is 4. The second kappa shape index (κ2) is 8.96. The highest BCUT2D eigenvalue weighted by Crippen LogP contribution is 2.38. The van der Waals surface area contributed by atoms with Crippen LogP contribution in [0.3, 0.4) is 0 Å². The van der Waals surface area contributed by atoms with Gasteiger partial charge in [-0.15, -0.1) is 12.6 Å². The van der Waals surface area contributed by atoms with Gasteiger partial charge in [-0.05, 0) is 73.9 Å². The van der Waals surface area contributed by atoms with Crippen LogP contribution < -0.4 is 9.30 Å². The van der Waals surface area contributed by atoms with Crippen molar-refractivity contribution in [2.24, 2.45) is 0 Å². The molecule has 5 rings (SSSR count). The molecular formula is C30H26NO2S+. The largest absolute Gasteiger partial charge is 0.422 e. The molecule has 1 heterocycles. The Balaban J connectivity index is 1.71. The number of hydrogen-bond donors (Lipinski definition) is 1. The Hall–Kier alpha value is -3.63. The minimum absolute atomic E-state index is 0.107. The molecule has 0 amide bonds. The molecule has 3 nitrogen and oxygen atoms in total. The van der Waals surface area contributed by atoms with Crippen LogP contribution in [-0.4, -0.2) is 5.97 Å². The van der Waals surface area contributed by atoms with Crippen molar-refractivity contribution in [2.75, 3.05) is 0 Å². The number of para-hydroxylation sites is 2. The van der Waals surface area contributed by atoms with Gasteiger partial charge in [-0.2, -0.15) is 4.57 Å². The lowest BCUT2D eigenvalue weighted by atomic mass is 9.89. The van der Waals surface area contributed by atoms with E-state index in [-0.39, 0.29) is 12.5 Å². The maximum atomic E-state index is 13.0. The number of ether oxygens (including phenoxy) is 1. The Kier molecular flexibility index (Phi) is 5.84. The number of aryl methyl sites for hydroxylation is 3. The van der Waals surface area contributed by atoms with Crippen LogP contribution >= 0.6 is 12.6 Å². The average Bonchev–Trinajstić information content (AvgIpc) is 2.81. The van der Waals surface area contributed by atoms with Crippen molar-refractivity contribution in [3.8, 4) is 16.9 Å². The lowest BCUT2D eigenvalue weighted by molar-refractivity contribution is -0.633. The molecule has 0 atom stereocenters. The number of aromatic nitrogens is 1. The van der Waals surface area contributed by atoms with Gasteiger partial charge in [-0.25, -0.2) is 4.79 Å². The van der Waals surface area contributed by atoms with Gasteiger partial charge in [0, 0.05) is 22.6 Å². The number of fused-ring (bicyclic) bond motifs is 2. The van der Waals surface area contributed by atoms with Crippen LogP contribution in [0.4, 0.5) is 0 Å². The van der Waals surface area contributed by atoms with Gasteiger partial charge in [0.25, 0.3) is 0 Å². The summed E-state index contributed by atoms with van der Waals surface area (Å²) in [6.07, 6.45) is 0. The van der Waals surface area contributed by atoms with E-state index in [4.69, 9.17) is 4.74 Å². The molecule has 5 aromatic rings. The second-order valence-electron chi connectivity index (χ2n) is 8.74. The van der Waals surface area contributed by atoms with Crippen LogP contribution in [0.15, 0.2) is 89.8 Å². The maximum absolute atomic E-state index is 13.0. The van der Waals surface area contributed by atoms with Crippen molar-refractivity contribution in [3.63, 3.8) is 0 Å². The lowest BCUT2D eigenvalue weighted by Gasteiger charge is -2.16. The Morgan fingerprint density at radius 1 is 0.765 bits per heavy atom. The molecule has 0 aliphatic heterocycles. The van der Waals surface area contributed by atoms with E-state index in [1.54, 1.807) is 12.1 Å². The summed E-state index contributed by atoms with van der Waals surface area (Å²) in [4.78, 5) is 13.8. The number of nitrogens with zero attached hydrogens (tertiary/aromatic N) is 1. The Morgan fingerprint density at radius 2 is 1.29 bits per heavy atom. The SMILES string of the molecule is Cc1cc(C)c(-c2c3ccccc3[n+](CC(=O)Oc3ccc(S)cc3)c3ccccc23)c(C)c1. The topological polar surface area (TPSA) is 30.2 Å². The first-order valence-corrected chi connectivity index (χ1v) is 11.8. The van der Waals surface area contributed by atoms with E-state index >= 15 is 0 Å². The number of carbonyl (C=O) groups is 1. The summed E-state index contributed by atoms with van der Waals surface area (Å²) in [6, 6.07) is 28.2. The Bertz CT molecular complexity index is 1470. The molecule has 34 heavy (non-hydrogen) atoms. The van der Waals surface area contributed by atoms with E-state index in [1.807, 2.05) is 24.3 Å². The number of thiol groups is 1. The zero-order valence-corrected chi connectivity index (χ0v) is 20.4. The van der Waals surface area contributed by atoms with Crippen molar-refractivity contribution in [2.45, 2.75) is 32.2 Å². The van der Waals surface area contributed by atoms with Crippen LogP contribution in [-0.2, 0) is 11.3 Å². The van der Waals surface area contributed by atoms with Crippen molar-refractivity contribution in [1.29, 1.82) is 0 Å². The zero-order valence-electron chi connectivity index (χ0n) is 19.5. The van der Waals surface area contributed by atoms with Gasteiger partial charge in [-0.1, -0.05) is 42.0 Å².